The lowest BCUT2D eigenvalue weighted by Crippen LogP contribution is -2.87. The van der Waals surface area contributed by atoms with Gasteiger partial charge in [0.2, 0.25) is 5.54 Å². The summed E-state index contributed by atoms with van der Waals surface area (Å²) in [6, 6.07) is 3.49. The van der Waals surface area contributed by atoms with Crippen LogP contribution in [-0.4, -0.2) is 35.4 Å². The van der Waals surface area contributed by atoms with Crippen LogP contribution in [-0.2, 0) is 10.3 Å². The smallest absolute Gasteiger partial charge is 0.387 e. The van der Waals surface area contributed by atoms with Gasteiger partial charge in [0.15, 0.2) is 5.89 Å². The van der Waals surface area contributed by atoms with Crippen molar-refractivity contribution in [3.8, 4) is 5.75 Å². The Morgan fingerprint density at radius 1 is 1.32 bits per heavy atom. The molecule has 1 aliphatic heterocycles. The number of carbonyl (C=O) groups is 1. The van der Waals surface area contributed by atoms with Crippen molar-refractivity contribution in [2.24, 2.45) is 11.7 Å². The predicted octanol–water partition coefficient (Wildman–Crippen LogP) is 1.93. The summed E-state index contributed by atoms with van der Waals surface area (Å²) in [7, 11) is 1.63. The molecular formula is C22H27F2N4O3+. The van der Waals surface area contributed by atoms with E-state index in [-0.39, 0.29) is 29.5 Å². The lowest BCUT2D eigenvalue weighted by atomic mass is 9.67. The number of benzene rings is 1. The molecule has 7 nitrogen and oxygen atoms in total. The molecule has 166 valence electrons. The number of nitrogens with two attached hydrogens (primary N) is 1. The Morgan fingerprint density at radius 3 is 2.58 bits per heavy atom. The molecule has 1 fully saturated rings. The summed E-state index contributed by atoms with van der Waals surface area (Å²) in [5.41, 5.74) is 6.82. The zero-order valence-corrected chi connectivity index (χ0v) is 17.8. The van der Waals surface area contributed by atoms with Gasteiger partial charge in [0, 0.05) is 17.4 Å². The molecule has 1 amide bonds. The van der Waals surface area contributed by atoms with Crippen molar-refractivity contribution in [2.75, 3.05) is 7.05 Å². The third kappa shape index (κ3) is 3.55. The van der Waals surface area contributed by atoms with E-state index in [1.165, 1.54) is 4.90 Å². The van der Waals surface area contributed by atoms with Crippen LogP contribution < -0.4 is 15.5 Å². The number of aryl methyl sites for hydroxylation is 2. The van der Waals surface area contributed by atoms with E-state index in [9.17, 15) is 13.6 Å². The topological polar surface area (TPSA) is 95.6 Å². The second kappa shape index (κ2) is 7.94. The summed E-state index contributed by atoms with van der Waals surface area (Å²) in [5, 5.41) is 0. The zero-order valence-electron chi connectivity index (χ0n) is 17.8. The average molecular weight is 433 g/mol. The number of nitrogens with zero attached hydrogens (tertiary/aromatic N) is 2. The van der Waals surface area contributed by atoms with E-state index in [4.69, 9.17) is 14.9 Å². The van der Waals surface area contributed by atoms with E-state index < -0.39 is 12.2 Å². The van der Waals surface area contributed by atoms with Crippen LogP contribution >= 0.6 is 0 Å². The fourth-order valence-electron chi connectivity index (χ4n) is 5.12. The van der Waals surface area contributed by atoms with Gasteiger partial charge in [-0.25, -0.2) is 9.88 Å². The molecule has 31 heavy (non-hydrogen) atoms. The lowest BCUT2D eigenvalue weighted by Gasteiger charge is -2.37. The van der Waals surface area contributed by atoms with Gasteiger partial charge in [-0.1, -0.05) is 6.42 Å². The van der Waals surface area contributed by atoms with Gasteiger partial charge in [-0.3, -0.25) is 15.5 Å². The molecule has 2 heterocycles. The summed E-state index contributed by atoms with van der Waals surface area (Å²) in [6.45, 7) is 0.488. The highest BCUT2D eigenvalue weighted by Gasteiger charge is 2.58. The minimum Gasteiger partial charge on any atom is -0.449 e. The van der Waals surface area contributed by atoms with E-state index >= 15 is 0 Å². The first-order valence-corrected chi connectivity index (χ1v) is 10.4. The SMILES string of the molecule is Cc1cc(C2(C3CCCC(c4ncco4)C3)[NH+]=C(N)N(C)C2=O)cc(C)c1OC(F)F. The number of likely N-dealkylation sites (N-methyl/N-ethyl adjacent to an activating group) is 1. The molecule has 0 radical (unpaired) electrons. The van der Waals surface area contributed by atoms with Crippen molar-refractivity contribution in [3.05, 3.63) is 47.2 Å². The van der Waals surface area contributed by atoms with E-state index in [0.29, 0.717) is 29.0 Å². The number of halogens is 2. The Morgan fingerprint density at radius 2 is 2.03 bits per heavy atom. The number of oxazole rings is 1. The molecule has 1 aromatic heterocycles. The maximum absolute atomic E-state index is 13.6. The molecule has 2 aliphatic rings. The highest BCUT2D eigenvalue weighted by Crippen LogP contribution is 2.45. The minimum absolute atomic E-state index is 0.0881. The molecule has 9 heteroatoms. The van der Waals surface area contributed by atoms with Gasteiger partial charge < -0.3 is 9.15 Å². The number of rotatable bonds is 5. The number of hydrogen-bond acceptors (Lipinski definition) is 5. The van der Waals surface area contributed by atoms with Crippen LogP contribution in [0.1, 0.15) is 54.2 Å². The molecule has 4 rings (SSSR count). The van der Waals surface area contributed by atoms with E-state index in [1.807, 2.05) is 0 Å². The largest absolute Gasteiger partial charge is 0.449 e. The standard InChI is InChI=1S/C22H26F2N4O3/c1-12-9-16(10-13(2)17(12)31-20(23)24)22(19(29)28(3)21(25)27-22)15-6-4-5-14(11-15)18-26-7-8-30-18/h7-10,14-15,20H,4-6,11H2,1-3H3,(H2,25,27)/p+1. The van der Waals surface area contributed by atoms with Crippen LogP contribution in [0.5, 0.6) is 5.75 Å². The molecule has 3 unspecified atom stereocenters. The van der Waals surface area contributed by atoms with Crippen molar-refractivity contribution in [3.63, 3.8) is 0 Å². The van der Waals surface area contributed by atoms with E-state index in [0.717, 1.165) is 19.3 Å². The molecular weight excluding hydrogens is 406 g/mol. The highest BCUT2D eigenvalue weighted by molar-refractivity contribution is 6.02. The van der Waals surface area contributed by atoms with Crippen LogP contribution in [0.15, 0.2) is 29.0 Å². The minimum atomic E-state index is -2.92. The number of ether oxygens (including phenoxy) is 1. The molecule has 3 N–H and O–H groups in total. The molecule has 1 aromatic carbocycles. The first-order chi connectivity index (χ1) is 14.7. The van der Waals surface area contributed by atoms with Crippen molar-refractivity contribution in [2.45, 2.75) is 57.6 Å². The van der Waals surface area contributed by atoms with Crippen molar-refractivity contribution in [1.29, 1.82) is 0 Å². The number of carbonyl (C=O) groups excluding carboxylic acids is 1. The molecule has 1 aliphatic carbocycles. The van der Waals surface area contributed by atoms with Crippen molar-refractivity contribution >= 4 is 11.9 Å². The zero-order chi connectivity index (χ0) is 22.3. The average Bonchev–Trinajstić information content (AvgIpc) is 3.35. The predicted molar refractivity (Wildman–Crippen MR) is 108 cm³/mol. The Labute approximate surface area is 179 Å². The van der Waals surface area contributed by atoms with Crippen LogP contribution in [0.4, 0.5) is 8.78 Å². The van der Waals surface area contributed by atoms with Crippen LogP contribution in [0.2, 0.25) is 0 Å². The maximum Gasteiger partial charge on any atom is 0.387 e. The third-order valence-electron chi connectivity index (χ3n) is 6.54. The number of nitrogens with one attached hydrogen (secondary N) is 1. The second-order valence-corrected chi connectivity index (χ2v) is 8.43. The van der Waals surface area contributed by atoms with E-state index in [1.54, 1.807) is 45.5 Å². The first kappa shape index (κ1) is 21.3. The summed E-state index contributed by atoms with van der Waals surface area (Å²) in [6.07, 6.45) is 6.51. The molecule has 2 aromatic rings. The van der Waals surface area contributed by atoms with Gasteiger partial charge in [-0.05, 0) is 56.4 Å². The van der Waals surface area contributed by atoms with Gasteiger partial charge in [-0.15, -0.1) is 0 Å². The van der Waals surface area contributed by atoms with Gasteiger partial charge in [-0.2, -0.15) is 8.78 Å². The lowest BCUT2D eigenvalue weighted by molar-refractivity contribution is -0.552. The fourth-order valence-corrected chi connectivity index (χ4v) is 5.12. The van der Waals surface area contributed by atoms with Crippen LogP contribution in [0.3, 0.4) is 0 Å². The Hall–Kier alpha value is -2.97. The Kier molecular flexibility index (Phi) is 5.45. The summed E-state index contributed by atoms with van der Waals surface area (Å²) in [5.74, 6) is 0.913. The molecule has 0 saturated heterocycles. The van der Waals surface area contributed by atoms with Gasteiger partial charge in [0.05, 0.1) is 13.2 Å². The molecule has 3 atom stereocenters. The Bertz CT molecular complexity index is 985. The van der Waals surface area contributed by atoms with Crippen LogP contribution in [0.25, 0.3) is 0 Å². The summed E-state index contributed by atoms with van der Waals surface area (Å²) < 4.78 is 36.0. The fraction of sp³-hybridized carbons (Fsp3) is 0.500. The summed E-state index contributed by atoms with van der Waals surface area (Å²) in [4.78, 5) is 22.6. The van der Waals surface area contributed by atoms with Crippen LogP contribution in [0, 0.1) is 19.8 Å². The Balaban J connectivity index is 1.80. The normalized spacial score (nSPS) is 26.5. The quantitative estimate of drug-likeness (QED) is 0.751. The summed E-state index contributed by atoms with van der Waals surface area (Å²) >= 11 is 0. The van der Waals surface area contributed by atoms with Gasteiger partial charge in [0.1, 0.15) is 12.0 Å². The van der Waals surface area contributed by atoms with Crippen molar-refractivity contribution < 1.29 is 27.7 Å². The molecule has 1 saturated carbocycles. The van der Waals surface area contributed by atoms with Crippen molar-refractivity contribution in [1.82, 2.24) is 9.88 Å². The monoisotopic (exact) mass is 433 g/mol. The number of alkyl halides is 2. The third-order valence-corrected chi connectivity index (χ3v) is 6.54. The van der Waals surface area contributed by atoms with Gasteiger partial charge >= 0.3 is 18.5 Å². The molecule has 0 spiro atoms. The number of hydrogen-bond donors (Lipinski definition) is 2. The van der Waals surface area contributed by atoms with E-state index in [2.05, 4.69) is 9.98 Å². The molecule has 0 bridgehead atoms. The number of guanidine groups is 1. The number of aromatic nitrogens is 1. The second-order valence-electron chi connectivity index (χ2n) is 8.43. The highest BCUT2D eigenvalue weighted by atomic mass is 19.3. The maximum atomic E-state index is 13.6. The first-order valence-electron chi connectivity index (χ1n) is 10.4. The number of amides is 1. The van der Waals surface area contributed by atoms with Gasteiger partial charge in [0.25, 0.3) is 0 Å².